The predicted octanol–water partition coefficient (Wildman–Crippen LogP) is 4.85. The number of carbonyl (C=O) groups excluding carboxylic acids is 1. The molecule has 114 valence electrons. The maximum atomic E-state index is 12.4. The third-order valence-corrected chi connectivity index (χ3v) is 5.01. The van der Waals surface area contributed by atoms with E-state index in [4.69, 9.17) is 23.2 Å². The summed E-state index contributed by atoms with van der Waals surface area (Å²) in [6.45, 7) is 0.634. The number of carbonyl (C=O) groups is 1. The maximum Gasteiger partial charge on any atom is 0.252 e. The molecule has 1 aliphatic rings. The molecule has 0 aliphatic heterocycles. The molecule has 0 bridgehead atoms. The van der Waals surface area contributed by atoms with Crippen molar-refractivity contribution < 1.29 is 4.79 Å². The van der Waals surface area contributed by atoms with Gasteiger partial charge in [-0.25, -0.2) is 0 Å². The summed E-state index contributed by atoms with van der Waals surface area (Å²) in [4.78, 5) is 12.4. The average Bonchev–Trinajstić information content (AvgIpc) is 2.47. The van der Waals surface area contributed by atoms with Crippen molar-refractivity contribution in [3.63, 3.8) is 0 Å². The molecule has 1 amide bonds. The number of nitrogens with one attached hydrogen (secondary N) is 1. The molecule has 0 atom stereocenters. The second-order valence-electron chi connectivity index (χ2n) is 5.81. The standard InChI is InChI=1S/C18H17Cl2NO/c19-14-7-8-15(16(20)11-14)17(22)21-12-18(9-4-10-18)13-5-2-1-3-6-13/h1-3,5-8,11H,4,9-10,12H2,(H,21,22). The molecule has 3 rings (SSSR count). The lowest BCUT2D eigenvalue weighted by atomic mass is 9.64. The van der Waals surface area contributed by atoms with E-state index in [0.717, 1.165) is 12.8 Å². The van der Waals surface area contributed by atoms with Gasteiger partial charge in [-0.2, -0.15) is 0 Å². The van der Waals surface area contributed by atoms with Gasteiger partial charge in [-0.15, -0.1) is 0 Å². The number of hydrogen-bond acceptors (Lipinski definition) is 1. The van der Waals surface area contributed by atoms with Gasteiger partial charge in [0.1, 0.15) is 0 Å². The molecule has 2 aromatic rings. The molecule has 1 N–H and O–H groups in total. The monoisotopic (exact) mass is 333 g/mol. The Hall–Kier alpha value is -1.51. The molecule has 22 heavy (non-hydrogen) atoms. The van der Waals surface area contributed by atoms with Gasteiger partial charge in [0.15, 0.2) is 0 Å². The largest absolute Gasteiger partial charge is 0.351 e. The Balaban J connectivity index is 1.72. The Morgan fingerprint density at radius 3 is 2.41 bits per heavy atom. The molecule has 0 unspecified atom stereocenters. The lowest BCUT2D eigenvalue weighted by Gasteiger charge is -2.42. The van der Waals surface area contributed by atoms with Crippen molar-refractivity contribution in [2.75, 3.05) is 6.54 Å². The molecule has 4 heteroatoms. The quantitative estimate of drug-likeness (QED) is 0.851. The van der Waals surface area contributed by atoms with Crippen LogP contribution < -0.4 is 5.32 Å². The Morgan fingerprint density at radius 2 is 1.82 bits per heavy atom. The lowest BCUT2D eigenvalue weighted by molar-refractivity contribution is 0.0928. The van der Waals surface area contributed by atoms with Crippen LogP contribution in [-0.4, -0.2) is 12.5 Å². The van der Waals surface area contributed by atoms with E-state index < -0.39 is 0 Å². The second kappa shape index (κ2) is 6.31. The van der Waals surface area contributed by atoms with E-state index in [2.05, 4.69) is 17.4 Å². The minimum Gasteiger partial charge on any atom is -0.351 e. The first-order chi connectivity index (χ1) is 10.6. The highest BCUT2D eigenvalue weighted by molar-refractivity contribution is 6.36. The summed E-state index contributed by atoms with van der Waals surface area (Å²) in [5.74, 6) is -0.149. The highest BCUT2D eigenvalue weighted by Gasteiger charge is 2.38. The topological polar surface area (TPSA) is 29.1 Å². The Morgan fingerprint density at radius 1 is 1.09 bits per heavy atom. The summed E-state index contributed by atoms with van der Waals surface area (Å²) in [5, 5.41) is 3.94. The number of halogens is 2. The van der Waals surface area contributed by atoms with Gasteiger partial charge in [-0.05, 0) is 36.6 Å². The van der Waals surface area contributed by atoms with E-state index in [9.17, 15) is 4.79 Å². The SMILES string of the molecule is O=C(NCC1(c2ccccc2)CCC1)c1ccc(Cl)cc1Cl. The van der Waals surface area contributed by atoms with E-state index in [1.807, 2.05) is 18.2 Å². The van der Waals surface area contributed by atoms with Crippen molar-refractivity contribution in [1.29, 1.82) is 0 Å². The summed E-state index contributed by atoms with van der Waals surface area (Å²) in [6.07, 6.45) is 3.41. The normalized spacial score (nSPS) is 15.9. The second-order valence-corrected chi connectivity index (χ2v) is 6.65. The van der Waals surface area contributed by atoms with Crippen LogP contribution in [0.4, 0.5) is 0 Å². The van der Waals surface area contributed by atoms with Gasteiger partial charge in [0.05, 0.1) is 10.6 Å². The number of benzene rings is 2. The van der Waals surface area contributed by atoms with Crippen molar-refractivity contribution in [3.8, 4) is 0 Å². The summed E-state index contributed by atoms with van der Waals surface area (Å²) < 4.78 is 0. The van der Waals surface area contributed by atoms with Crippen LogP contribution in [0, 0.1) is 0 Å². The Labute approximate surface area is 140 Å². The summed E-state index contributed by atoms with van der Waals surface area (Å²) in [6, 6.07) is 15.3. The van der Waals surface area contributed by atoms with Crippen LogP contribution in [0.5, 0.6) is 0 Å². The Kier molecular flexibility index (Phi) is 4.42. The first-order valence-electron chi connectivity index (χ1n) is 7.40. The molecule has 1 aliphatic carbocycles. The summed E-state index contributed by atoms with van der Waals surface area (Å²) in [7, 11) is 0. The van der Waals surface area contributed by atoms with Crippen LogP contribution in [0.15, 0.2) is 48.5 Å². The molecule has 1 saturated carbocycles. The molecule has 0 saturated heterocycles. The third kappa shape index (κ3) is 2.99. The molecule has 0 aromatic heterocycles. The average molecular weight is 334 g/mol. The predicted molar refractivity (Wildman–Crippen MR) is 90.8 cm³/mol. The zero-order chi connectivity index (χ0) is 15.6. The van der Waals surface area contributed by atoms with Gasteiger partial charge in [0, 0.05) is 17.0 Å². The fourth-order valence-corrected chi connectivity index (χ4v) is 3.48. The fraction of sp³-hybridized carbons (Fsp3) is 0.278. The van der Waals surface area contributed by atoms with Gasteiger partial charge < -0.3 is 5.32 Å². The fourth-order valence-electron chi connectivity index (χ4n) is 2.98. The van der Waals surface area contributed by atoms with Crippen molar-refractivity contribution in [1.82, 2.24) is 5.32 Å². The van der Waals surface area contributed by atoms with E-state index in [0.29, 0.717) is 22.2 Å². The van der Waals surface area contributed by atoms with Crippen LogP contribution in [0.2, 0.25) is 10.0 Å². The van der Waals surface area contributed by atoms with Crippen molar-refractivity contribution in [3.05, 3.63) is 69.7 Å². The van der Waals surface area contributed by atoms with Gasteiger partial charge in [0.2, 0.25) is 0 Å². The first-order valence-corrected chi connectivity index (χ1v) is 8.15. The molecular formula is C18H17Cl2NO. The van der Waals surface area contributed by atoms with Crippen molar-refractivity contribution in [2.45, 2.75) is 24.7 Å². The van der Waals surface area contributed by atoms with Gasteiger partial charge in [-0.3, -0.25) is 4.79 Å². The number of amides is 1. The number of rotatable bonds is 4. The molecule has 0 radical (unpaired) electrons. The van der Waals surface area contributed by atoms with E-state index in [-0.39, 0.29) is 11.3 Å². The van der Waals surface area contributed by atoms with E-state index in [1.165, 1.54) is 12.0 Å². The Bertz CT molecular complexity index is 681. The van der Waals surface area contributed by atoms with Gasteiger partial charge >= 0.3 is 0 Å². The van der Waals surface area contributed by atoms with Crippen molar-refractivity contribution >= 4 is 29.1 Å². The maximum absolute atomic E-state index is 12.4. The van der Waals surface area contributed by atoms with Gasteiger partial charge in [-0.1, -0.05) is 60.0 Å². The first kappa shape index (κ1) is 15.4. The third-order valence-electron chi connectivity index (χ3n) is 4.46. The molecule has 0 spiro atoms. The zero-order valence-corrected chi connectivity index (χ0v) is 13.6. The summed E-state index contributed by atoms with van der Waals surface area (Å²) >= 11 is 12.0. The zero-order valence-electron chi connectivity index (χ0n) is 12.1. The van der Waals surface area contributed by atoms with Crippen LogP contribution in [0.1, 0.15) is 35.2 Å². The molecule has 0 heterocycles. The molecular weight excluding hydrogens is 317 g/mol. The highest BCUT2D eigenvalue weighted by atomic mass is 35.5. The number of hydrogen-bond donors (Lipinski definition) is 1. The van der Waals surface area contributed by atoms with Crippen molar-refractivity contribution in [2.24, 2.45) is 0 Å². The van der Waals surface area contributed by atoms with Gasteiger partial charge in [0.25, 0.3) is 5.91 Å². The smallest absolute Gasteiger partial charge is 0.252 e. The van der Waals surface area contributed by atoms with Crippen LogP contribution >= 0.6 is 23.2 Å². The highest BCUT2D eigenvalue weighted by Crippen LogP contribution is 2.43. The molecule has 2 aromatic carbocycles. The van der Waals surface area contributed by atoms with E-state index in [1.54, 1.807) is 18.2 Å². The molecule has 2 nitrogen and oxygen atoms in total. The minimum atomic E-state index is -0.149. The van der Waals surface area contributed by atoms with Crippen LogP contribution in [0.25, 0.3) is 0 Å². The van der Waals surface area contributed by atoms with Crippen LogP contribution in [0.3, 0.4) is 0 Å². The lowest BCUT2D eigenvalue weighted by Crippen LogP contribution is -2.45. The van der Waals surface area contributed by atoms with E-state index >= 15 is 0 Å². The van der Waals surface area contributed by atoms with Crippen LogP contribution in [-0.2, 0) is 5.41 Å². The molecule has 1 fully saturated rings. The minimum absolute atomic E-state index is 0.0653. The summed E-state index contributed by atoms with van der Waals surface area (Å²) in [5.41, 5.74) is 1.83.